The Hall–Kier alpha value is -3.92. The van der Waals surface area contributed by atoms with Crippen LogP contribution in [0.5, 0.6) is 23.0 Å². The first kappa shape index (κ1) is 25.7. The van der Waals surface area contributed by atoms with Gasteiger partial charge in [-0.3, -0.25) is 9.10 Å². The van der Waals surface area contributed by atoms with Crippen LogP contribution in [0.15, 0.2) is 71.6 Å². The minimum Gasteiger partial charge on any atom is -0.497 e. The van der Waals surface area contributed by atoms with Crippen molar-refractivity contribution in [3.05, 3.63) is 72.3 Å². The molecule has 0 aromatic heterocycles. The quantitative estimate of drug-likeness (QED) is 0.431. The number of hydrogen-bond donors (Lipinski definition) is 1. The molecule has 10 heteroatoms. The third-order valence-electron chi connectivity index (χ3n) is 5.24. The van der Waals surface area contributed by atoms with Gasteiger partial charge in [-0.1, -0.05) is 12.1 Å². The normalized spacial score (nSPS) is 10.9. The van der Waals surface area contributed by atoms with Crippen molar-refractivity contribution in [1.82, 2.24) is 5.32 Å². The van der Waals surface area contributed by atoms with Crippen molar-refractivity contribution < 1.29 is 32.2 Å². The summed E-state index contributed by atoms with van der Waals surface area (Å²) in [7, 11) is 1.83. The van der Waals surface area contributed by atoms with Gasteiger partial charge >= 0.3 is 0 Å². The zero-order valence-electron chi connectivity index (χ0n) is 20.0. The number of ether oxygens (including phenoxy) is 4. The lowest BCUT2D eigenvalue weighted by Crippen LogP contribution is -2.40. The summed E-state index contributed by atoms with van der Waals surface area (Å²) in [6, 6.07) is 17.9. The van der Waals surface area contributed by atoms with Crippen LogP contribution in [0.2, 0.25) is 0 Å². The number of carbonyl (C=O) groups is 1. The van der Waals surface area contributed by atoms with E-state index in [2.05, 4.69) is 5.32 Å². The van der Waals surface area contributed by atoms with Crippen LogP contribution in [0, 0.1) is 0 Å². The Bertz CT molecular complexity index is 1240. The number of benzene rings is 3. The summed E-state index contributed by atoms with van der Waals surface area (Å²) >= 11 is 0. The van der Waals surface area contributed by atoms with Crippen molar-refractivity contribution in [2.24, 2.45) is 0 Å². The van der Waals surface area contributed by atoms with E-state index >= 15 is 0 Å². The first-order valence-electron chi connectivity index (χ1n) is 10.6. The maximum absolute atomic E-state index is 13.6. The van der Waals surface area contributed by atoms with Crippen LogP contribution >= 0.6 is 0 Å². The van der Waals surface area contributed by atoms with Gasteiger partial charge in [0.1, 0.15) is 18.0 Å². The van der Waals surface area contributed by atoms with E-state index in [0.29, 0.717) is 22.9 Å². The van der Waals surface area contributed by atoms with Crippen molar-refractivity contribution in [3.8, 4) is 23.0 Å². The van der Waals surface area contributed by atoms with Gasteiger partial charge in [0.2, 0.25) is 5.91 Å². The second-order valence-corrected chi connectivity index (χ2v) is 9.21. The molecule has 0 heterocycles. The smallest absolute Gasteiger partial charge is 0.264 e. The fourth-order valence-corrected chi connectivity index (χ4v) is 4.74. The van der Waals surface area contributed by atoms with Gasteiger partial charge in [-0.05, 0) is 54.1 Å². The van der Waals surface area contributed by atoms with Gasteiger partial charge in [0.15, 0.2) is 11.5 Å². The Morgan fingerprint density at radius 3 is 1.89 bits per heavy atom. The van der Waals surface area contributed by atoms with Crippen LogP contribution in [0.4, 0.5) is 5.69 Å². The summed E-state index contributed by atoms with van der Waals surface area (Å²) in [4.78, 5) is 12.8. The Balaban J connectivity index is 1.88. The highest BCUT2D eigenvalue weighted by atomic mass is 32.2. The van der Waals surface area contributed by atoms with Crippen LogP contribution in [-0.2, 0) is 21.4 Å². The summed E-state index contributed by atoms with van der Waals surface area (Å²) in [6.07, 6.45) is 0. The molecular formula is C25H28N2O7S. The monoisotopic (exact) mass is 500 g/mol. The lowest BCUT2D eigenvalue weighted by Gasteiger charge is -2.24. The highest BCUT2D eigenvalue weighted by Gasteiger charge is 2.28. The van der Waals surface area contributed by atoms with E-state index in [0.717, 1.165) is 9.87 Å². The Labute approximate surface area is 205 Å². The minimum atomic E-state index is -4.14. The van der Waals surface area contributed by atoms with Crippen molar-refractivity contribution in [2.45, 2.75) is 11.4 Å². The van der Waals surface area contributed by atoms with Crippen LogP contribution in [-0.4, -0.2) is 49.3 Å². The molecule has 3 aromatic rings. The lowest BCUT2D eigenvalue weighted by atomic mass is 10.2. The van der Waals surface area contributed by atoms with Gasteiger partial charge in [0, 0.05) is 12.6 Å². The topological polar surface area (TPSA) is 103 Å². The van der Waals surface area contributed by atoms with E-state index in [9.17, 15) is 13.2 Å². The third kappa shape index (κ3) is 6.15. The van der Waals surface area contributed by atoms with Crippen LogP contribution in [0.1, 0.15) is 5.56 Å². The van der Waals surface area contributed by atoms with Crippen molar-refractivity contribution in [1.29, 1.82) is 0 Å². The lowest BCUT2D eigenvalue weighted by molar-refractivity contribution is -0.119. The number of nitrogens with one attached hydrogen (secondary N) is 1. The highest BCUT2D eigenvalue weighted by Crippen LogP contribution is 2.32. The number of hydrogen-bond acceptors (Lipinski definition) is 7. The van der Waals surface area contributed by atoms with Gasteiger partial charge < -0.3 is 24.3 Å². The zero-order valence-corrected chi connectivity index (χ0v) is 20.8. The maximum atomic E-state index is 13.6. The molecule has 0 fully saturated rings. The molecule has 35 heavy (non-hydrogen) atoms. The average Bonchev–Trinajstić information content (AvgIpc) is 2.90. The van der Waals surface area contributed by atoms with Crippen molar-refractivity contribution in [3.63, 3.8) is 0 Å². The second kappa shape index (κ2) is 11.5. The zero-order chi connectivity index (χ0) is 25.4. The standard InChI is InChI=1S/C25H28N2O7S/c1-31-20-9-5-18(6-10-20)16-26-25(28)17-27(19-7-11-21(32-2)12-8-19)35(29,30)22-13-14-23(33-3)24(15-22)34-4/h5-15H,16-17H2,1-4H3,(H,26,28). The van der Waals surface area contributed by atoms with Crippen molar-refractivity contribution in [2.75, 3.05) is 39.3 Å². The van der Waals surface area contributed by atoms with E-state index in [-0.39, 0.29) is 17.2 Å². The maximum Gasteiger partial charge on any atom is 0.264 e. The predicted octanol–water partition coefficient (Wildman–Crippen LogP) is 3.23. The Morgan fingerprint density at radius 2 is 1.34 bits per heavy atom. The molecular weight excluding hydrogens is 472 g/mol. The number of anilines is 1. The van der Waals surface area contributed by atoms with Gasteiger partial charge in [-0.15, -0.1) is 0 Å². The molecule has 0 atom stereocenters. The van der Waals surface area contributed by atoms with Gasteiger partial charge in [-0.25, -0.2) is 8.42 Å². The SMILES string of the molecule is COc1ccc(CNC(=O)CN(c2ccc(OC)cc2)S(=O)(=O)c2ccc(OC)c(OC)c2)cc1. The van der Waals surface area contributed by atoms with Crippen LogP contribution in [0.3, 0.4) is 0 Å². The molecule has 0 aliphatic heterocycles. The Morgan fingerprint density at radius 1 is 0.771 bits per heavy atom. The fraction of sp³-hybridized carbons (Fsp3) is 0.240. The van der Waals surface area contributed by atoms with Crippen LogP contribution < -0.4 is 28.6 Å². The second-order valence-electron chi connectivity index (χ2n) is 7.35. The summed E-state index contributed by atoms with van der Waals surface area (Å²) in [5, 5.41) is 2.77. The van der Waals surface area contributed by atoms with Crippen molar-refractivity contribution >= 4 is 21.6 Å². The van der Waals surface area contributed by atoms with Gasteiger partial charge in [0.05, 0.1) is 39.0 Å². The number of carbonyl (C=O) groups excluding carboxylic acids is 1. The number of amides is 1. The summed E-state index contributed by atoms with van der Waals surface area (Å²) in [6.45, 7) is -0.200. The molecule has 3 aromatic carbocycles. The molecule has 0 aliphatic carbocycles. The molecule has 3 rings (SSSR count). The summed E-state index contributed by atoms with van der Waals surface area (Å²) in [5.41, 5.74) is 1.15. The van der Waals surface area contributed by atoms with Crippen LogP contribution in [0.25, 0.3) is 0 Å². The molecule has 0 bridgehead atoms. The average molecular weight is 501 g/mol. The van der Waals surface area contributed by atoms with Gasteiger partial charge in [0.25, 0.3) is 10.0 Å². The largest absolute Gasteiger partial charge is 0.497 e. The number of sulfonamides is 1. The molecule has 0 radical (unpaired) electrons. The van der Waals surface area contributed by atoms with E-state index in [4.69, 9.17) is 18.9 Å². The van der Waals surface area contributed by atoms with E-state index in [1.807, 2.05) is 12.1 Å². The van der Waals surface area contributed by atoms with E-state index in [1.165, 1.54) is 39.5 Å². The molecule has 0 spiro atoms. The predicted molar refractivity (Wildman–Crippen MR) is 132 cm³/mol. The summed E-state index contributed by atoms with van der Waals surface area (Å²) < 4.78 is 49.1. The van der Waals surface area contributed by atoms with E-state index in [1.54, 1.807) is 43.5 Å². The molecule has 0 saturated carbocycles. The molecule has 0 aliphatic rings. The molecule has 0 unspecified atom stereocenters. The molecule has 1 N–H and O–H groups in total. The van der Waals surface area contributed by atoms with E-state index < -0.39 is 22.5 Å². The first-order chi connectivity index (χ1) is 16.8. The Kier molecular flexibility index (Phi) is 8.43. The highest BCUT2D eigenvalue weighted by molar-refractivity contribution is 7.92. The molecule has 9 nitrogen and oxygen atoms in total. The minimum absolute atomic E-state index is 0.0473. The van der Waals surface area contributed by atoms with Gasteiger partial charge in [-0.2, -0.15) is 0 Å². The molecule has 1 amide bonds. The first-order valence-corrected chi connectivity index (χ1v) is 12.0. The molecule has 186 valence electrons. The fourth-order valence-electron chi connectivity index (χ4n) is 3.30. The number of nitrogens with zero attached hydrogens (tertiary/aromatic N) is 1. The number of rotatable bonds is 11. The summed E-state index contributed by atoms with van der Waals surface area (Å²) in [5.74, 6) is 1.43. The molecule has 0 saturated heterocycles. The number of methoxy groups -OCH3 is 4. The third-order valence-corrected chi connectivity index (χ3v) is 7.01.